The molecule has 0 saturated carbocycles. The Balaban J connectivity index is 1.90. The number of aromatic nitrogens is 2. The van der Waals surface area contributed by atoms with E-state index in [2.05, 4.69) is 10.4 Å². The fourth-order valence-electron chi connectivity index (χ4n) is 2.03. The second kappa shape index (κ2) is 7.98. The van der Waals surface area contributed by atoms with Gasteiger partial charge in [-0.2, -0.15) is 5.10 Å². The SMILES string of the molecule is COc1cc(OC)cc(C(=O)NCCCn2ncccc2=O)c1. The molecule has 2 aromatic rings. The molecule has 1 heterocycles. The van der Waals surface area contributed by atoms with Crippen molar-refractivity contribution in [2.75, 3.05) is 20.8 Å². The Morgan fingerprint density at radius 1 is 1.22 bits per heavy atom. The Morgan fingerprint density at radius 2 is 1.91 bits per heavy atom. The average molecular weight is 317 g/mol. The zero-order valence-electron chi connectivity index (χ0n) is 13.1. The van der Waals surface area contributed by atoms with Crippen LogP contribution in [0.1, 0.15) is 16.8 Å². The highest BCUT2D eigenvalue weighted by molar-refractivity contribution is 5.95. The fourth-order valence-corrected chi connectivity index (χ4v) is 2.03. The van der Waals surface area contributed by atoms with E-state index in [1.165, 1.54) is 25.0 Å². The first kappa shape index (κ1) is 16.5. The Kier molecular flexibility index (Phi) is 5.74. The molecule has 0 spiro atoms. The van der Waals surface area contributed by atoms with Gasteiger partial charge in [0.2, 0.25) is 0 Å². The Morgan fingerprint density at radius 3 is 2.52 bits per heavy atom. The molecule has 0 aliphatic rings. The zero-order valence-corrected chi connectivity index (χ0v) is 13.1. The van der Waals surface area contributed by atoms with Crippen LogP contribution in [0.2, 0.25) is 0 Å². The van der Waals surface area contributed by atoms with Crippen molar-refractivity contribution in [1.82, 2.24) is 15.1 Å². The van der Waals surface area contributed by atoms with Crippen LogP contribution in [-0.4, -0.2) is 36.5 Å². The number of nitrogens with zero attached hydrogens (tertiary/aromatic N) is 2. The molecule has 0 aliphatic heterocycles. The first-order valence-corrected chi connectivity index (χ1v) is 7.17. The van der Waals surface area contributed by atoms with Gasteiger partial charge in [-0.1, -0.05) is 0 Å². The summed E-state index contributed by atoms with van der Waals surface area (Å²) in [7, 11) is 3.06. The van der Waals surface area contributed by atoms with Crippen LogP contribution in [0.4, 0.5) is 0 Å². The third kappa shape index (κ3) is 4.57. The summed E-state index contributed by atoms with van der Waals surface area (Å²) in [5.41, 5.74) is 0.299. The highest BCUT2D eigenvalue weighted by Gasteiger charge is 2.09. The molecule has 0 unspecified atom stereocenters. The van der Waals surface area contributed by atoms with E-state index in [0.717, 1.165) is 0 Å². The second-order valence-corrected chi connectivity index (χ2v) is 4.80. The third-order valence-electron chi connectivity index (χ3n) is 3.23. The first-order chi connectivity index (χ1) is 11.1. The fraction of sp³-hybridized carbons (Fsp3) is 0.312. The number of carbonyl (C=O) groups is 1. The molecule has 122 valence electrons. The van der Waals surface area contributed by atoms with E-state index in [9.17, 15) is 9.59 Å². The molecule has 1 aromatic carbocycles. The van der Waals surface area contributed by atoms with Crippen LogP contribution >= 0.6 is 0 Å². The number of hydrogen-bond donors (Lipinski definition) is 1. The molecule has 0 fully saturated rings. The number of aryl methyl sites for hydroxylation is 1. The predicted octanol–water partition coefficient (Wildman–Crippen LogP) is 1.08. The first-order valence-electron chi connectivity index (χ1n) is 7.17. The van der Waals surface area contributed by atoms with Gasteiger partial charge in [0, 0.05) is 37.0 Å². The zero-order chi connectivity index (χ0) is 16.7. The molecule has 0 aliphatic carbocycles. The van der Waals surface area contributed by atoms with Crippen LogP contribution in [0.15, 0.2) is 41.3 Å². The van der Waals surface area contributed by atoms with E-state index >= 15 is 0 Å². The van der Waals surface area contributed by atoms with E-state index < -0.39 is 0 Å². The largest absolute Gasteiger partial charge is 0.497 e. The topological polar surface area (TPSA) is 82.4 Å². The van der Waals surface area contributed by atoms with Gasteiger partial charge < -0.3 is 14.8 Å². The van der Waals surface area contributed by atoms with Gasteiger partial charge in [0.1, 0.15) is 11.5 Å². The van der Waals surface area contributed by atoms with Crippen molar-refractivity contribution in [1.29, 1.82) is 0 Å². The van der Waals surface area contributed by atoms with Crippen molar-refractivity contribution in [3.8, 4) is 11.5 Å². The van der Waals surface area contributed by atoms with Crippen LogP contribution in [0, 0.1) is 0 Å². The molecule has 23 heavy (non-hydrogen) atoms. The number of amides is 1. The van der Waals surface area contributed by atoms with Crippen molar-refractivity contribution in [3.05, 3.63) is 52.4 Å². The molecule has 0 bridgehead atoms. The van der Waals surface area contributed by atoms with Crippen molar-refractivity contribution in [2.24, 2.45) is 0 Å². The maximum absolute atomic E-state index is 12.2. The van der Waals surface area contributed by atoms with Gasteiger partial charge in [-0.3, -0.25) is 9.59 Å². The normalized spacial score (nSPS) is 10.2. The number of rotatable bonds is 7. The second-order valence-electron chi connectivity index (χ2n) is 4.80. The smallest absolute Gasteiger partial charge is 0.266 e. The van der Waals surface area contributed by atoms with Crippen LogP contribution in [-0.2, 0) is 6.54 Å². The molecule has 0 saturated heterocycles. The van der Waals surface area contributed by atoms with E-state index in [4.69, 9.17) is 9.47 Å². The number of nitrogens with one attached hydrogen (secondary N) is 1. The molecule has 0 radical (unpaired) electrons. The van der Waals surface area contributed by atoms with Gasteiger partial charge >= 0.3 is 0 Å². The number of benzene rings is 1. The summed E-state index contributed by atoms with van der Waals surface area (Å²) >= 11 is 0. The molecule has 1 N–H and O–H groups in total. The quantitative estimate of drug-likeness (QED) is 0.773. The van der Waals surface area contributed by atoms with Crippen molar-refractivity contribution in [2.45, 2.75) is 13.0 Å². The number of carbonyl (C=O) groups excluding carboxylic acids is 1. The number of ether oxygens (including phenoxy) is 2. The van der Waals surface area contributed by atoms with Crippen LogP contribution in [0.5, 0.6) is 11.5 Å². The highest BCUT2D eigenvalue weighted by Crippen LogP contribution is 2.22. The summed E-state index contributed by atoms with van der Waals surface area (Å²) in [6.45, 7) is 0.878. The van der Waals surface area contributed by atoms with Crippen LogP contribution in [0.25, 0.3) is 0 Å². The van der Waals surface area contributed by atoms with Crippen molar-refractivity contribution < 1.29 is 14.3 Å². The molecule has 7 heteroatoms. The average Bonchev–Trinajstić information content (AvgIpc) is 2.59. The Labute approximate surface area is 133 Å². The number of methoxy groups -OCH3 is 2. The highest BCUT2D eigenvalue weighted by atomic mass is 16.5. The molecular formula is C16H19N3O4. The molecule has 2 rings (SSSR count). The lowest BCUT2D eigenvalue weighted by Gasteiger charge is -2.09. The van der Waals surface area contributed by atoms with E-state index in [0.29, 0.717) is 36.6 Å². The van der Waals surface area contributed by atoms with Gasteiger partial charge in [0.25, 0.3) is 11.5 Å². The monoisotopic (exact) mass is 317 g/mol. The number of hydrogen-bond acceptors (Lipinski definition) is 5. The minimum atomic E-state index is -0.226. The Hall–Kier alpha value is -2.83. The molecule has 1 amide bonds. The van der Waals surface area contributed by atoms with E-state index in [-0.39, 0.29) is 11.5 Å². The minimum absolute atomic E-state index is 0.156. The predicted molar refractivity (Wildman–Crippen MR) is 85.0 cm³/mol. The van der Waals surface area contributed by atoms with E-state index in [1.807, 2.05) is 0 Å². The lowest BCUT2D eigenvalue weighted by atomic mass is 10.2. The maximum atomic E-state index is 12.2. The minimum Gasteiger partial charge on any atom is -0.497 e. The lowest BCUT2D eigenvalue weighted by Crippen LogP contribution is -2.27. The molecule has 1 aromatic heterocycles. The summed E-state index contributed by atoms with van der Waals surface area (Å²) in [6.07, 6.45) is 2.16. The summed E-state index contributed by atoms with van der Waals surface area (Å²) in [5.74, 6) is 0.875. The van der Waals surface area contributed by atoms with Crippen molar-refractivity contribution >= 4 is 5.91 Å². The van der Waals surface area contributed by atoms with Crippen molar-refractivity contribution in [3.63, 3.8) is 0 Å². The van der Waals surface area contributed by atoms with Crippen LogP contribution < -0.4 is 20.3 Å². The third-order valence-corrected chi connectivity index (χ3v) is 3.23. The molecule has 0 atom stereocenters. The van der Waals surface area contributed by atoms with Gasteiger partial charge in [0.05, 0.1) is 14.2 Å². The standard InChI is InChI=1S/C16H19N3O4/c1-22-13-9-12(10-14(11-13)23-2)16(21)17-6-4-8-19-15(20)5-3-7-18-19/h3,5,7,9-11H,4,6,8H2,1-2H3,(H,17,21). The van der Waals surface area contributed by atoms with Gasteiger partial charge in [-0.25, -0.2) is 4.68 Å². The van der Waals surface area contributed by atoms with E-state index in [1.54, 1.807) is 30.5 Å². The maximum Gasteiger partial charge on any atom is 0.266 e. The molecule has 7 nitrogen and oxygen atoms in total. The molecular weight excluding hydrogens is 298 g/mol. The summed E-state index contributed by atoms with van der Waals surface area (Å²) in [6, 6.07) is 8.03. The van der Waals surface area contributed by atoms with Gasteiger partial charge in [-0.15, -0.1) is 0 Å². The summed E-state index contributed by atoms with van der Waals surface area (Å²) < 4.78 is 11.6. The Bertz CT molecular complexity index is 705. The summed E-state index contributed by atoms with van der Waals surface area (Å²) in [5, 5.41) is 6.75. The van der Waals surface area contributed by atoms with Gasteiger partial charge in [0.15, 0.2) is 0 Å². The lowest BCUT2D eigenvalue weighted by molar-refractivity contribution is 0.0952. The van der Waals surface area contributed by atoms with Crippen LogP contribution in [0.3, 0.4) is 0 Å². The summed E-state index contributed by atoms with van der Waals surface area (Å²) in [4.78, 5) is 23.6. The van der Waals surface area contributed by atoms with Gasteiger partial charge in [-0.05, 0) is 24.6 Å².